The van der Waals surface area contributed by atoms with E-state index in [2.05, 4.69) is 5.32 Å². The van der Waals surface area contributed by atoms with Crippen molar-refractivity contribution >= 4 is 23.5 Å². The van der Waals surface area contributed by atoms with Crippen molar-refractivity contribution in [3.63, 3.8) is 0 Å². The highest BCUT2D eigenvalue weighted by Gasteiger charge is 2.19. The Hall–Kier alpha value is -4.13. The van der Waals surface area contributed by atoms with E-state index in [-0.39, 0.29) is 5.56 Å². The molecule has 31 heavy (non-hydrogen) atoms. The lowest BCUT2D eigenvalue weighted by molar-refractivity contribution is -0.123. The van der Waals surface area contributed by atoms with E-state index >= 15 is 0 Å². The van der Waals surface area contributed by atoms with Crippen LogP contribution in [0.1, 0.15) is 33.2 Å². The summed E-state index contributed by atoms with van der Waals surface area (Å²) in [6, 6.07) is 22.3. The summed E-state index contributed by atoms with van der Waals surface area (Å²) in [5, 5.41) is 2.62. The number of nitrogens with one attached hydrogen (secondary N) is 1. The zero-order valence-electron chi connectivity index (χ0n) is 16.9. The van der Waals surface area contributed by atoms with Crippen molar-refractivity contribution < 1.29 is 23.9 Å². The highest BCUT2D eigenvalue weighted by molar-refractivity contribution is 5.98. The molecule has 3 N–H and O–H groups in total. The van der Waals surface area contributed by atoms with Gasteiger partial charge in [0, 0.05) is 11.3 Å². The minimum absolute atomic E-state index is 0.274. The zero-order valence-corrected chi connectivity index (χ0v) is 16.9. The number of benzene rings is 3. The molecule has 3 aromatic carbocycles. The normalized spacial score (nSPS) is 11.3. The van der Waals surface area contributed by atoms with Crippen LogP contribution in [0, 0.1) is 0 Å². The van der Waals surface area contributed by atoms with Crippen molar-refractivity contribution in [1.29, 1.82) is 0 Å². The molecule has 3 aromatic rings. The van der Waals surface area contributed by atoms with Crippen LogP contribution in [0.4, 0.5) is 5.69 Å². The maximum atomic E-state index is 12.4. The lowest BCUT2D eigenvalue weighted by Gasteiger charge is -2.14. The first-order valence-electron chi connectivity index (χ1n) is 9.61. The number of anilines is 1. The minimum Gasteiger partial charge on any atom is -0.489 e. The van der Waals surface area contributed by atoms with Crippen molar-refractivity contribution in [2.75, 3.05) is 5.32 Å². The highest BCUT2D eigenvalue weighted by Crippen LogP contribution is 2.17. The number of ether oxygens (including phenoxy) is 2. The Labute approximate surface area is 179 Å². The Morgan fingerprint density at radius 2 is 1.61 bits per heavy atom. The van der Waals surface area contributed by atoms with Crippen molar-refractivity contribution in [3.8, 4) is 5.75 Å². The number of hydrogen-bond acceptors (Lipinski definition) is 5. The monoisotopic (exact) mass is 418 g/mol. The lowest BCUT2D eigenvalue weighted by atomic mass is 10.2. The Balaban J connectivity index is 1.56. The molecule has 1 atom stereocenters. The van der Waals surface area contributed by atoms with Gasteiger partial charge in [-0.2, -0.15) is 0 Å². The third-order valence-electron chi connectivity index (χ3n) is 4.41. The zero-order chi connectivity index (χ0) is 22.2. The minimum atomic E-state index is -1.03. The van der Waals surface area contributed by atoms with Gasteiger partial charge in [0.1, 0.15) is 12.4 Å². The maximum absolute atomic E-state index is 12.4. The Bertz CT molecular complexity index is 1060. The molecule has 7 heteroatoms. The number of carbonyl (C=O) groups excluding carboxylic acids is 3. The van der Waals surface area contributed by atoms with E-state index in [1.165, 1.54) is 19.1 Å². The number of primary amides is 1. The molecule has 0 spiro atoms. The molecule has 0 aliphatic carbocycles. The van der Waals surface area contributed by atoms with E-state index in [1.807, 2.05) is 30.3 Å². The van der Waals surface area contributed by atoms with E-state index in [9.17, 15) is 14.4 Å². The summed E-state index contributed by atoms with van der Waals surface area (Å²) in [4.78, 5) is 35.9. The molecule has 0 bridgehead atoms. The summed E-state index contributed by atoms with van der Waals surface area (Å²) in [7, 11) is 0. The quantitative estimate of drug-likeness (QED) is 0.544. The Morgan fingerprint density at radius 3 is 2.29 bits per heavy atom. The summed E-state index contributed by atoms with van der Waals surface area (Å²) in [6.45, 7) is 1.84. The maximum Gasteiger partial charge on any atom is 0.339 e. The summed E-state index contributed by atoms with van der Waals surface area (Å²) < 4.78 is 11.0. The van der Waals surface area contributed by atoms with Crippen LogP contribution in [0.3, 0.4) is 0 Å². The van der Waals surface area contributed by atoms with Gasteiger partial charge in [0.25, 0.3) is 5.91 Å². The van der Waals surface area contributed by atoms with Crippen LogP contribution in [0.2, 0.25) is 0 Å². The molecule has 0 aliphatic heterocycles. The van der Waals surface area contributed by atoms with Gasteiger partial charge in [-0.25, -0.2) is 4.79 Å². The van der Waals surface area contributed by atoms with E-state index in [0.29, 0.717) is 23.6 Å². The van der Waals surface area contributed by atoms with Crippen LogP contribution in [-0.4, -0.2) is 23.9 Å². The standard InChI is InChI=1S/C24H22N2O5/c1-16(23(28)26-20-12-10-18(11-13-20)22(25)27)31-24(29)19-8-5-9-21(14-19)30-15-17-6-3-2-4-7-17/h2-14,16H,15H2,1H3,(H2,25,27)(H,26,28)/t16-/m1/s1. The third kappa shape index (κ3) is 6.17. The van der Waals surface area contributed by atoms with Gasteiger partial charge in [0.15, 0.2) is 6.10 Å². The van der Waals surface area contributed by atoms with Gasteiger partial charge in [-0.05, 0) is 55.0 Å². The summed E-state index contributed by atoms with van der Waals surface area (Å²) in [5.41, 5.74) is 7.25. The van der Waals surface area contributed by atoms with Crippen molar-refractivity contribution in [3.05, 3.63) is 95.6 Å². The smallest absolute Gasteiger partial charge is 0.339 e. The second kappa shape index (κ2) is 10.1. The molecule has 0 saturated carbocycles. The molecule has 0 unspecified atom stereocenters. The van der Waals surface area contributed by atoms with Gasteiger partial charge < -0.3 is 20.5 Å². The van der Waals surface area contributed by atoms with Crippen LogP contribution in [-0.2, 0) is 16.1 Å². The Morgan fingerprint density at radius 1 is 0.903 bits per heavy atom. The largest absolute Gasteiger partial charge is 0.489 e. The van der Waals surface area contributed by atoms with E-state index in [4.69, 9.17) is 15.2 Å². The lowest BCUT2D eigenvalue weighted by Crippen LogP contribution is -2.30. The van der Waals surface area contributed by atoms with Crippen molar-refractivity contribution in [2.24, 2.45) is 5.73 Å². The molecule has 7 nitrogen and oxygen atoms in total. The van der Waals surface area contributed by atoms with Crippen LogP contribution in [0.15, 0.2) is 78.9 Å². The van der Waals surface area contributed by atoms with Gasteiger partial charge in [0.05, 0.1) is 5.56 Å². The summed E-state index contributed by atoms with van der Waals surface area (Å²) >= 11 is 0. The molecular formula is C24H22N2O5. The molecule has 2 amide bonds. The number of esters is 1. The topological polar surface area (TPSA) is 108 Å². The first kappa shape index (κ1) is 21.6. The fourth-order valence-electron chi connectivity index (χ4n) is 2.70. The average Bonchev–Trinajstić information content (AvgIpc) is 2.79. The molecule has 0 fully saturated rings. The Kier molecular flexibility index (Phi) is 7.01. The molecule has 0 radical (unpaired) electrons. The molecule has 3 rings (SSSR count). The molecule has 0 saturated heterocycles. The fourth-order valence-corrected chi connectivity index (χ4v) is 2.70. The second-order valence-corrected chi connectivity index (χ2v) is 6.78. The second-order valence-electron chi connectivity index (χ2n) is 6.78. The van der Waals surface area contributed by atoms with Crippen LogP contribution in [0.25, 0.3) is 0 Å². The molecular weight excluding hydrogens is 396 g/mol. The summed E-state index contributed by atoms with van der Waals surface area (Å²) in [6.07, 6.45) is -1.03. The fraction of sp³-hybridized carbons (Fsp3) is 0.125. The van der Waals surface area contributed by atoms with Gasteiger partial charge in [-0.3, -0.25) is 9.59 Å². The first-order chi connectivity index (χ1) is 14.9. The average molecular weight is 418 g/mol. The van der Waals surface area contributed by atoms with Gasteiger partial charge in [-0.1, -0.05) is 36.4 Å². The number of rotatable bonds is 8. The van der Waals surface area contributed by atoms with Crippen LogP contribution >= 0.6 is 0 Å². The number of carbonyl (C=O) groups is 3. The number of nitrogens with two attached hydrogens (primary N) is 1. The van der Waals surface area contributed by atoms with E-state index < -0.39 is 23.9 Å². The molecule has 0 aliphatic rings. The van der Waals surface area contributed by atoms with Crippen molar-refractivity contribution in [1.82, 2.24) is 0 Å². The number of hydrogen-bond donors (Lipinski definition) is 2. The van der Waals surface area contributed by atoms with Crippen molar-refractivity contribution in [2.45, 2.75) is 19.6 Å². The molecule has 158 valence electrons. The van der Waals surface area contributed by atoms with Crippen LogP contribution in [0.5, 0.6) is 5.75 Å². The molecule has 0 aromatic heterocycles. The van der Waals surface area contributed by atoms with Gasteiger partial charge in [0.2, 0.25) is 5.91 Å². The predicted molar refractivity (Wildman–Crippen MR) is 116 cm³/mol. The number of amides is 2. The summed E-state index contributed by atoms with van der Waals surface area (Å²) in [5.74, 6) is -1.19. The highest BCUT2D eigenvalue weighted by atomic mass is 16.5. The molecule has 0 heterocycles. The van der Waals surface area contributed by atoms with E-state index in [1.54, 1.807) is 36.4 Å². The third-order valence-corrected chi connectivity index (χ3v) is 4.41. The predicted octanol–water partition coefficient (Wildman–Crippen LogP) is 3.55. The SMILES string of the molecule is C[C@@H](OC(=O)c1cccc(OCc2ccccc2)c1)C(=O)Nc1ccc(C(N)=O)cc1. The van der Waals surface area contributed by atoms with Crippen LogP contribution < -0.4 is 15.8 Å². The van der Waals surface area contributed by atoms with E-state index in [0.717, 1.165) is 5.56 Å². The first-order valence-corrected chi connectivity index (χ1v) is 9.61. The van der Waals surface area contributed by atoms with Gasteiger partial charge >= 0.3 is 5.97 Å². The van der Waals surface area contributed by atoms with Gasteiger partial charge in [-0.15, -0.1) is 0 Å².